The summed E-state index contributed by atoms with van der Waals surface area (Å²) >= 11 is 0. The molecule has 3 heteroatoms. The average Bonchev–Trinajstić information content (AvgIpc) is 2.30. The van der Waals surface area contributed by atoms with E-state index in [4.69, 9.17) is 5.11 Å². The summed E-state index contributed by atoms with van der Waals surface area (Å²) in [6.45, 7) is 3.96. The summed E-state index contributed by atoms with van der Waals surface area (Å²) in [6, 6.07) is 0. The Hall–Kier alpha value is -0.830. The van der Waals surface area contributed by atoms with Gasteiger partial charge in [-0.05, 0) is 13.3 Å². The molecule has 0 saturated carbocycles. The Bertz CT molecular complexity index is 196. The van der Waals surface area contributed by atoms with Crippen LogP contribution in [-0.2, 0) is 13.0 Å². The number of aliphatic hydroxyl groups excluding tert-OH is 1. The van der Waals surface area contributed by atoms with Crippen LogP contribution in [0.5, 0.6) is 0 Å². The number of imidazole rings is 1. The number of nitrogens with one attached hydrogen (secondary N) is 1. The zero-order valence-electron chi connectivity index (χ0n) is 6.31. The molecule has 0 atom stereocenters. The van der Waals surface area contributed by atoms with Crippen molar-refractivity contribution in [2.45, 2.75) is 26.9 Å². The lowest BCUT2D eigenvalue weighted by molar-refractivity contribution is 0.276. The van der Waals surface area contributed by atoms with Crippen molar-refractivity contribution in [2.24, 2.45) is 0 Å². The van der Waals surface area contributed by atoms with Gasteiger partial charge in [0.25, 0.3) is 0 Å². The molecule has 1 aromatic rings. The number of aromatic amines is 1. The molecule has 0 aliphatic rings. The Morgan fingerprint density at radius 1 is 1.60 bits per heavy atom. The highest BCUT2D eigenvalue weighted by Crippen LogP contribution is 2.05. The van der Waals surface area contributed by atoms with Crippen molar-refractivity contribution in [3.05, 3.63) is 17.2 Å². The van der Waals surface area contributed by atoms with Gasteiger partial charge < -0.3 is 10.1 Å². The first kappa shape index (κ1) is 7.28. The van der Waals surface area contributed by atoms with Crippen LogP contribution in [0.2, 0.25) is 0 Å². The second kappa shape index (κ2) is 2.84. The predicted molar refractivity (Wildman–Crippen MR) is 38.6 cm³/mol. The van der Waals surface area contributed by atoms with Crippen molar-refractivity contribution >= 4 is 0 Å². The minimum absolute atomic E-state index is 0.0352. The minimum Gasteiger partial charge on any atom is -0.390 e. The van der Waals surface area contributed by atoms with Crippen LogP contribution in [0, 0.1) is 6.92 Å². The number of aryl methyl sites for hydroxylation is 2. The van der Waals surface area contributed by atoms with Gasteiger partial charge in [-0.15, -0.1) is 0 Å². The molecule has 0 saturated heterocycles. The average molecular weight is 140 g/mol. The van der Waals surface area contributed by atoms with Crippen LogP contribution in [0.3, 0.4) is 0 Å². The highest BCUT2D eigenvalue weighted by molar-refractivity contribution is 5.12. The Morgan fingerprint density at radius 2 is 2.30 bits per heavy atom. The Balaban J connectivity index is 2.96. The van der Waals surface area contributed by atoms with E-state index in [1.807, 2.05) is 13.8 Å². The molecule has 0 amide bonds. The summed E-state index contributed by atoms with van der Waals surface area (Å²) in [5, 5.41) is 8.78. The third kappa shape index (κ3) is 1.19. The first-order chi connectivity index (χ1) is 4.77. The molecule has 1 heterocycles. The fraction of sp³-hybridized carbons (Fsp3) is 0.571. The van der Waals surface area contributed by atoms with E-state index in [1.165, 1.54) is 0 Å². The van der Waals surface area contributed by atoms with Crippen molar-refractivity contribution in [3.8, 4) is 0 Å². The zero-order valence-corrected chi connectivity index (χ0v) is 6.31. The monoisotopic (exact) mass is 140 g/mol. The lowest BCUT2D eigenvalue weighted by atomic mass is 10.3. The molecule has 10 heavy (non-hydrogen) atoms. The quantitative estimate of drug-likeness (QED) is 0.637. The lowest BCUT2D eigenvalue weighted by Gasteiger charge is -1.91. The number of aromatic nitrogens is 2. The lowest BCUT2D eigenvalue weighted by Crippen LogP contribution is -1.89. The van der Waals surface area contributed by atoms with E-state index >= 15 is 0 Å². The normalized spacial score (nSPS) is 10.3. The van der Waals surface area contributed by atoms with Crippen LogP contribution >= 0.6 is 0 Å². The van der Waals surface area contributed by atoms with Crippen LogP contribution in [0.4, 0.5) is 0 Å². The summed E-state index contributed by atoms with van der Waals surface area (Å²) in [5.41, 5.74) is 1.82. The van der Waals surface area contributed by atoms with Crippen molar-refractivity contribution in [3.63, 3.8) is 0 Å². The number of aliphatic hydroxyl groups is 1. The minimum atomic E-state index is 0.0352. The standard InChI is InChI=1S/C7H12N2O/c1-3-6-7(4-10)9-5(2)8-6/h10H,3-4H2,1-2H3,(H,8,9). The van der Waals surface area contributed by atoms with E-state index in [9.17, 15) is 0 Å². The fourth-order valence-corrected chi connectivity index (χ4v) is 1.01. The van der Waals surface area contributed by atoms with Crippen molar-refractivity contribution in [1.82, 2.24) is 9.97 Å². The molecule has 1 rings (SSSR count). The molecule has 0 aliphatic carbocycles. The second-order valence-corrected chi connectivity index (χ2v) is 2.26. The van der Waals surface area contributed by atoms with Gasteiger partial charge in [-0.1, -0.05) is 6.92 Å². The summed E-state index contributed by atoms with van der Waals surface area (Å²) < 4.78 is 0. The number of H-pyrrole nitrogens is 1. The molecule has 0 radical (unpaired) electrons. The predicted octanol–water partition coefficient (Wildman–Crippen LogP) is 0.773. The van der Waals surface area contributed by atoms with Crippen molar-refractivity contribution < 1.29 is 5.11 Å². The largest absolute Gasteiger partial charge is 0.390 e. The summed E-state index contributed by atoms with van der Waals surface area (Å²) in [5.74, 6) is 0.876. The Kier molecular flexibility index (Phi) is 2.06. The maximum Gasteiger partial charge on any atom is 0.103 e. The third-order valence-corrected chi connectivity index (χ3v) is 1.49. The highest BCUT2D eigenvalue weighted by Gasteiger charge is 2.02. The van der Waals surface area contributed by atoms with Crippen LogP contribution in [0.25, 0.3) is 0 Å². The number of rotatable bonds is 2. The Labute approximate surface area is 60.1 Å². The molecule has 0 aromatic carbocycles. The molecule has 3 nitrogen and oxygen atoms in total. The second-order valence-electron chi connectivity index (χ2n) is 2.26. The van der Waals surface area contributed by atoms with Crippen LogP contribution in [0.1, 0.15) is 24.1 Å². The SMILES string of the molecule is CCc1[nH]c(C)nc1CO. The molecule has 0 fully saturated rings. The number of hydrogen-bond acceptors (Lipinski definition) is 2. The van der Waals surface area contributed by atoms with Gasteiger partial charge in [0, 0.05) is 5.69 Å². The molecule has 0 aliphatic heterocycles. The van der Waals surface area contributed by atoms with E-state index in [1.54, 1.807) is 0 Å². The molecule has 56 valence electrons. The van der Waals surface area contributed by atoms with E-state index in [0.29, 0.717) is 0 Å². The highest BCUT2D eigenvalue weighted by atomic mass is 16.3. The van der Waals surface area contributed by atoms with Gasteiger partial charge >= 0.3 is 0 Å². The first-order valence-corrected chi connectivity index (χ1v) is 3.43. The van der Waals surface area contributed by atoms with Gasteiger partial charge in [-0.2, -0.15) is 0 Å². The molecular weight excluding hydrogens is 128 g/mol. The number of hydrogen-bond donors (Lipinski definition) is 2. The molecule has 0 bridgehead atoms. The van der Waals surface area contributed by atoms with Gasteiger partial charge in [-0.25, -0.2) is 4.98 Å². The molecule has 0 spiro atoms. The van der Waals surface area contributed by atoms with E-state index in [2.05, 4.69) is 9.97 Å². The van der Waals surface area contributed by atoms with Crippen molar-refractivity contribution in [1.29, 1.82) is 0 Å². The van der Waals surface area contributed by atoms with Crippen LogP contribution in [0.15, 0.2) is 0 Å². The van der Waals surface area contributed by atoms with Crippen LogP contribution < -0.4 is 0 Å². The topological polar surface area (TPSA) is 48.9 Å². The van der Waals surface area contributed by atoms with Gasteiger partial charge in [0.2, 0.25) is 0 Å². The number of nitrogens with zero attached hydrogens (tertiary/aromatic N) is 1. The summed E-state index contributed by atoms with van der Waals surface area (Å²) in [4.78, 5) is 7.17. The molecule has 0 unspecified atom stereocenters. The molecular formula is C7H12N2O. The van der Waals surface area contributed by atoms with Gasteiger partial charge in [-0.3, -0.25) is 0 Å². The van der Waals surface area contributed by atoms with Gasteiger partial charge in [0.05, 0.1) is 12.3 Å². The zero-order chi connectivity index (χ0) is 7.56. The first-order valence-electron chi connectivity index (χ1n) is 3.43. The van der Waals surface area contributed by atoms with Gasteiger partial charge in [0.1, 0.15) is 5.82 Å². The van der Waals surface area contributed by atoms with E-state index < -0.39 is 0 Å². The van der Waals surface area contributed by atoms with E-state index in [-0.39, 0.29) is 6.61 Å². The summed E-state index contributed by atoms with van der Waals surface area (Å²) in [7, 11) is 0. The fourth-order valence-electron chi connectivity index (χ4n) is 1.01. The smallest absolute Gasteiger partial charge is 0.103 e. The van der Waals surface area contributed by atoms with E-state index in [0.717, 1.165) is 23.6 Å². The van der Waals surface area contributed by atoms with Crippen molar-refractivity contribution in [2.75, 3.05) is 0 Å². The molecule has 2 N–H and O–H groups in total. The summed E-state index contributed by atoms with van der Waals surface area (Å²) in [6.07, 6.45) is 0.900. The Morgan fingerprint density at radius 3 is 2.70 bits per heavy atom. The maximum atomic E-state index is 8.78. The third-order valence-electron chi connectivity index (χ3n) is 1.49. The van der Waals surface area contributed by atoms with Crippen LogP contribution in [-0.4, -0.2) is 15.1 Å². The maximum absolute atomic E-state index is 8.78. The van der Waals surface area contributed by atoms with Gasteiger partial charge in [0.15, 0.2) is 0 Å². The molecule has 1 aromatic heterocycles.